The number of rotatable bonds is 6. The number of pyridine rings is 3. The van der Waals surface area contributed by atoms with E-state index in [1.54, 1.807) is 12.4 Å². The number of nitrogens with zero attached hydrogens (tertiary/aromatic N) is 5. The Labute approximate surface area is 289 Å². The van der Waals surface area contributed by atoms with E-state index in [1.807, 2.05) is 42.7 Å². The summed E-state index contributed by atoms with van der Waals surface area (Å²) in [6.07, 6.45) is 7.18. The molecule has 0 bridgehead atoms. The van der Waals surface area contributed by atoms with Crippen molar-refractivity contribution in [3.05, 3.63) is 176 Å². The predicted molar refractivity (Wildman–Crippen MR) is 203 cm³/mol. The highest BCUT2D eigenvalue weighted by atomic mass is 14.9. The van der Waals surface area contributed by atoms with E-state index in [4.69, 9.17) is 15.0 Å². The Hall–Kier alpha value is -6.85. The third-order valence-corrected chi connectivity index (χ3v) is 9.06. The zero-order valence-electron chi connectivity index (χ0n) is 27.0. The van der Waals surface area contributed by atoms with Gasteiger partial charge in [-0.1, -0.05) is 103 Å². The quantitative estimate of drug-likeness (QED) is 0.169. The second-order valence-corrected chi connectivity index (χ2v) is 12.2. The van der Waals surface area contributed by atoms with Crippen LogP contribution in [0.4, 0.5) is 0 Å². The Morgan fingerprint density at radius 3 is 1.70 bits per heavy atom. The van der Waals surface area contributed by atoms with E-state index in [1.165, 1.54) is 27.3 Å². The summed E-state index contributed by atoms with van der Waals surface area (Å²) in [7, 11) is 0. The van der Waals surface area contributed by atoms with E-state index in [0.29, 0.717) is 5.82 Å². The highest BCUT2D eigenvalue weighted by Crippen LogP contribution is 2.37. The number of hydrogen-bond donors (Lipinski definition) is 0. The minimum Gasteiger partial charge on any atom is -0.264 e. The summed E-state index contributed by atoms with van der Waals surface area (Å²) in [5.41, 5.74) is 11.9. The summed E-state index contributed by atoms with van der Waals surface area (Å²) < 4.78 is 0. The van der Waals surface area contributed by atoms with Crippen molar-refractivity contribution < 1.29 is 0 Å². The molecule has 5 heteroatoms. The summed E-state index contributed by atoms with van der Waals surface area (Å²) in [5.74, 6) is 0.645. The average Bonchev–Trinajstić information content (AvgIpc) is 3.21. The molecule has 4 heterocycles. The Kier molecular flexibility index (Phi) is 7.41. The molecule has 0 spiro atoms. The molecule has 0 fully saturated rings. The zero-order valence-corrected chi connectivity index (χ0v) is 27.0. The molecule has 0 saturated heterocycles. The van der Waals surface area contributed by atoms with Gasteiger partial charge >= 0.3 is 0 Å². The van der Waals surface area contributed by atoms with Crippen LogP contribution in [0, 0.1) is 0 Å². The van der Waals surface area contributed by atoms with Gasteiger partial charge in [0.15, 0.2) is 5.82 Å². The molecule has 4 aromatic heterocycles. The van der Waals surface area contributed by atoms with E-state index >= 15 is 0 Å². The molecule has 0 atom stereocenters. The summed E-state index contributed by atoms with van der Waals surface area (Å²) in [6, 6.07) is 52.6. The summed E-state index contributed by atoms with van der Waals surface area (Å²) in [5, 5.41) is 3.59. The minimum atomic E-state index is 0.645. The van der Waals surface area contributed by atoms with Crippen LogP contribution in [0.25, 0.3) is 89.1 Å². The Bertz CT molecular complexity index is 2560. The molecule has 9 aromatic rings. The molecule has 234 valence electrons. The van der Waals surface area contributed by atoms with Gasteiger partial charge in [0.05, 0.1) is 22.6 Å². The van der Waals surface area contributed by atoms with Crippen LogP contribution in [0.15, 0.2) is 176 Å². The van der Waals surface area contributed by atoms with E-state index in [9.17, 15) is 0 Å². The van der Waals surface area contributed by atoms with E-state index < -0.39 is 0 Å². The summed E-state index contributed by atoms with van der Waals surface area (Å²) in [4.78, 5) is 23.7. The van der Waals surface area contributed by atoms with Crippen molar-refractivity contribution in [3.8, 4) is 67.4 Å². The molecule has 50 heavy (non-hydrogen) atoms. The van der Waals surface area contributed by atoms with Crippen molar-refractivity contribution >= 4 is 21.7 Å². The van der Waals surface area contributed by atoms with E-state index in [0.717, 1.165) is 56.0 Å². The van der Waals surface area contributed by atoms with E-state index in [2.05, 4.69) is 131 Å². The highest BCUT2D eigenvalue weighted by molar-refractivity contribution is 6.13. The van der Waals surface area contributed by atoms with Crippen LogP contribution in [0.5, 0.6) is 0 Å². The van der Waals surface area contributed by atoms with Gasteiger partial charge in [-0.2, -0.15) is 0 Å². The zero-order chi connectivity index (χ0) is 33.3. The van der Waals surface area contributed by atoms with Gasteiger partial charge in [0.25, 0.3) is 0 Å². The lowest BCUT2D eigenvalue weighted by Crippen LogP contribution is -1.96. The SMILES string of the molecule is c1ccc(-c2cc(-c3cccc(-c4ccc(-c5nc(-c6cccnc6)cc(-c6cccnc6)n5)cc4)c3)nc3ccc4ccccc4c23)cc1. The standard InChI is InChI=1S/C45H29N5/c1-2-9-31(10-3-1)39-26-41(48-40-22-21-32-11-4-5-16-38(32)44(39)40)35-13-6-12-34(25-35)30-17-19-33(20-18-30)45-49-42(36-14-7-23-46-28-36)27-43(50-45)37-15-8-24-47-29-37/h1-29H. The fourth-order valence-electron chi connectivity index (χ4n) is 6.57. The third kappa shape index (κ3) is 5.57. The smallest absolute Gasteiger partial charge is 0.160 e. The fourth-order valence-corrected chi connectivity index (χ4v) is 6.57. The second-order valence-electron chi connectivity index (χ2n) is 12.2. The molecular formula is C45H29N5. The van der Waals surface area contributed by atoms with Crippen LogP contribution in [0.2, 0.25) is 0 Å². The van der Waals surface area contributed by atoms with Gasteiger partial charge in [-0.05, 0) is 81.6 Å². The van der Waals surface area contributed by atoms with Gasteiger partial charge in [-0.3, -0.25) is 9.97 Å². The normalized spacial score (nSPS) is 11.2. The van der Waals surface area contributed by atoms with Gasteiger partial charge in [0, 0.05) is 52.4 Å². The van der Waals surface area contributed by atoms with Crippen LogP contribution in [0.1, 0.15) is 0 Å². The third-order valence-electron chi connectivity index (χ3n) is 9.06. The van der Waals surface area contributed by atoms with Crippen LogP contribution in [-0.2, 0) is 0 Å². The lowest BCUT2D eigenvalue weighted by molar-refractivity contribution is 1.17. The van der Waals surface area contributed by atoms with Crippen molar-refractivity contribution in [3.63, 3.8) is 0 Å². The molecule has 5 aromatic carbocycles. The van der Waals surface area contributed by atoms with Crippen molar-refractivity contribution in [1.29, 1.82) is 0 Å². The number of aromatic nitrogens is 5. The van der Waals surface area contributed by atoms with Crippen molar-refractivity contribution in [2.75, 3.05) is 0 Å². The molecule has 0 aliphatic heterocycles. The van der Waals surface area contributed by atoms with Crippen LogP contribution in [-0.4, -0.2) is 24.9 Å². The first-order valence-electron chi connectivity index (χ1n) is 16.6. The van der Waals surface area contributed by atoms with Gasteiger partial charge in [-0.25, -0.2) is 15.0 Å². The minimum absolute atomic E-state index is 0.645. The summed E-state index contributed by atoms with van der Waals surface area (Å²) >= 11 is 0. The second kappa shape index (κ2) is 12.6. The highest BCUT2D eigenvalue weighted by Gasteiger charge is 2.14. The monoisotopic (exact) mass is 639 g/mol. The topological polar surface area (TPSA) is 64.5 Å². The molecule has 0 aliphatic carbocycles. The Morgan fingerprint density at radius 2 is 0.980 bits per heavy atom. The molecular weight excluding hydrogens is 611 g/mol. The lowest BCUT2D eigenvalue weighted by atomic mass is 9.94. The van der Waals surface area contributed by atoms with Crippen LogP contribution in [0.3, 0.4) is 0 Å². The van der Waals surface area contributed by atoms with Gasteiger partial charge in [-0.15, -0.1) is 0 Å². The molecule has 0 N–H and O–H groups in total. The fraction of sp³-hybridized carbons (Fsp3) is 0. The molecule has 0 amide bonds. The predicted octanol–water partition coefficient (Wildman–Crippen LogP) is 11.0. The molecule has 0 saturated carbocycles. The maximum atomic E-state index is 5.21. The average molecular weight is 640 g/mol. The Balaban J connectivity index is 1.10. The number of fused-ring (bicyclic) bond motifs is 3. The van der Waals surface area contributed by atoms with Gasteiger partial charge in [0.1, 0.15) is 0 Å². The van der Waals surface area contributed by atoms with Crippen LogP contribution >= 0.6 is 0 Å². The first-order valence-corrected chi connectivity index (χ1v) is 16.6. The maximum absolute atomic E-state index is 5.21. The molecule has 0 radical (unpaired) electrons. The van der Waals surface area contributed by atoms with Crippen molar-refractivity contribution in [2.45, 2.75) is 0 Å². The van der Waals surface area contributed by atoms with Crippen molar-refractivity contribution in [1.82, 2.24) is 24.9 Å². The number of hydrogen-bond acceptors (Lipinski definition) is 5. The summed E-state index contributed by atoms with van der Waals surface area (Å²) in [6.45, 7) is 0. The van der Waals surface area contributed by atoms with Gasteiger partial charge < -0.3 is 0 Å². The molecule has 0 unspecified atom stereocenters. The Morgan fingerprint density at radius 1 is 0.360 bits per heavy atom. The maximum Gasteiger partial charge on any atom is 0.160 e. The van der Waals surface area contributed by atoms with Gasteiger partial charge in [0.2, 0.25) is 0 Å². The van der Waals surface area contributed by atoms with E-state index in [-0.39, 0.29) is 0 Å². The first-order chi connectivity index (χ1) is 24.8. The molecule has 5 nitrogen and oxygen atoms in total. The largest absolute Gasteiger partial charge is 0.264 e. The lowest BCUT2D eigenvalue weighted by Gasteiger charge is -2.14. The number of benzene rings is 5. The molecule has 9 rings (SSSR count). The molecule has 0 aliphatic rings. The van der Waals surface area contributed by atoms with Crippen molar-refractivity contribution in [2.24, 2.45) is 0 Å². The van der Waals surface area contributed by atoms with Crippen LogP contribution < -0.4 is 0 Å². The first kappa shape index (κ1) is 29.3.